The van der Waals surface area contributed by atoms with E-state index in [2.05, 4.69) is 10.2 Å². The van der Waals surface area contributed by atoms with Crippen molar-refractivity contribution in [2.75, 3.05) is 6.61 Å². The molecule has 0 spiro atoms. The monoisotopic (exact) mass is 252 g/mol. The van der Waals surface area contributed by atoms with Crippen molar-refractivity contribution in [3.8, 4) is 11.7 Å². The van der Waals surface area contributed by atoms with Crippen LogP contribution in [-0.4, -0.2) is 27.9 Å². The normalized spacial score (nSPS) is 10.7. The summed E-state index contributed by atoms with van der Waals surface area (Å²) in [6.07, 6.45) is 0.780. The van der Waals surface area contributed by atoms with E-state index < -0.39 is 12.6 Å². The molecule has 7 heteroatoms. The molecule has 96 valence electrons. The topological polar surface area (TPSA) is 98.6 Å². The summed E-state index contributed by atoms with van der Waals surface area (Å²) >= 11 is 0. The third kappa shape index (κ3) is 2.95. The summed E-state index contributed by atoms with van der Waals surface area (Å²) < 4.78 is 15.5. The lowest BCUT2D eigenvalue weighted by molar-refractivity contribution is -0.142. The molecular weight excluding hydrogens is 240 g/mol. The minimum atomic E-state index is -1.05. The first-order chi connectivity index (χ1) is 8.69. The Balaban J connectivity index is 1.99. The van der Waals surface area contributed by atoms with Crippen molar-refractivity contribution in [1.82, 2.24) is 10.2 Å². The van der Waals surface area contributed by atoms with Crippen LogP contribution in [0.15, 0.2) is 21.0 Å². The molecule has 0 saturated carbocycles. The molecule has 0 radical (unpaired) electrons. The second kappa shape index (κ2) is 5.46. The Morgan fingerprint density at radius 3 is 2.89 bits per heavy atom. The van der Waals surface area contributed by atoms with Gasteiger partial charge >= 0.3 is 5.97 Å². The van der Waals surface area contributed by atoms with E-state index in [0.29, 0.717) is 5.76 Å². The van der Waals surface area contributed by atoms with Gasteiger partial charge < -0.3 is 18.7 Å². The van der Waals surface area contributed by atoms with Gasteiger partial charge in [0.1, 0.15) is 19.0 Å². The molecule has 0 aliphatic rings. The van der Waals surface area contributed by atoms with Crippen LogP contribution in [0, 0.1) is 0 Å². The molecule has 0 aromatic carbocycles. The minimum absolute atomic E-state index is 0.0410. The smallest absolute Gasteiger partial charge is 0.329 e. The summed E-state index contributed by atoms with van der Waals surface area (Å²) in [6, 6.07) is 3.58. The molecule has 7 nitrogen and oxygen atoms in total. The van der Waals surface area contributed by atoms with Gasteiger partial charge in [0.05, 0.1) is 0 Å². The van der Waals surface area contributed by atoms with E-state index in [1.54, 1.807) is 6.07 Å². The van der Waals surface area contributed by atoms with Crippen LogP contribution in [0.5, 0.6) is 0 Å². The molecule has 0 aliphatic heterocycles. The fourth-order valence-corrected chi connectivity index (χ4v) is 1.32. The van der Waals surface area contributed by atoms with Crippen LogP contribution in [0.25, 0.3) is 11.7 Å². The zero-order valence-corrected chi connectivity index (χ0v) is 9.75. The van der Waals surface area contributed by atoms with Gasteiger partial charge in [-0.1, -0.05) is 6.92 Å². The van der Waals surface area contributed by atoms with Crippen LogP contribution >= 0.6 is 0 Å². The molecule has 0 saturated heterocycles. The fourth-order valence-electron chi connectivity index (χ4n) is 1.32. The van der Waals surface area contributed by atoms with Crippen molar-refractivity contribution in [2.45, 2.75) is 20.0 Å². The van der Waals surface area contributed by atoms with Crippen LogP contribution in [0.4, 0.5) is 0 Å². The van der Waals surface area contributed by atoms with Crippen LogP contribution in [0.2, 0.25) is 0 Å². The predicted octanol–water partition coefficient (Wildman–Crippen LogP) is 1.49. The number of aliphatic carboxylic acids is 1. The van der Waals surface area contributed by atoms with E-state index >= 15 is 0 Å². The summed E-state index contributed by atoms with van der Waals surface area (Å²) in [7, 11) is 0. The largest absolute Gasteiger partial charge is 0.480 e. The molecule has 2 aromatic heterocycles. The number of furan rings is 1. The number of carboxylic acid groups (broad SMARTS) is 1. The van der Waals surface area contributed by atoms with E-state index in [-0.39, 0.29) is 18.4 Å². The number of carbonyl (C=O) groups is 1. The number of aryl methyl sites for hydroxylation is 1. The third-order valence-corrected chi connectivity index (χ3v) is 2.14. The number of carboxylic acids is 1. The Bertz CT molecular complexity index is 531. The van der Waals surface area contributed by atoms with E-state index in [0.717, 1.165) is 12.2 Å². The third-order valence-electron chi connectivity index (χ3n) is 2.14. The molecule has 0 atom stereocenters. The van der Waals surface area contributed by atoms with Crippen molar-refractivity contribution in [3.05, 3.63) is 23.8 Å². The average Bonchev–Trinajstić information content (AvgIpc) is 2.95. The van der Waals surface area contributed by atoms with Crippen molar-refractivity contribution in [2.24, 2.45) is 0 Å². The van der Waals surface area contributed by atoms with E-state index in [1.165, 1.54) is 0 Å². The first kappa shape index (κ1) is 12.3. The number of hydrogen-bond donors (Lipinski definition) is 1. The second-order valence-corrected chi connectivity index (χ2v) is 3.51. The van der Waals surface area contributed by atoms with Gasteiger partial charge in [-0.25, -0.2) is 4.79 Å². The lowest BCUT2D eigenvalue weighted by Gasteiger charge is -1.94. The number of hydrogen-bond acceptors (Lipinski definition) is 6. The van der Waals surface area contributed by atoms with E-state index in [1.807, 2.05) is 13.0 Å². The molecular formula is C11H12N2O5. The van der Waals surface area contributed by atoms with Gasteiger partial charge in [0.15, 0.2) is 5.76 Å². The van der Waals surface area contributed by atoms with Gasteiger partial charge in [-0.05, 0) is 12.1 Å². The van der Waals surface area contributed by atoms with E-state index in [9.17, 15) is 4.79 Å². The Morgan fingerprint density at radius 1 is 1.39 bits per heavy atom. The van der Waals surface area contributed by atoms with Crippen molar-refractivity contribution in [3.63, 3.8) is 0 Å². The number of ether oxygens (including phenoxy) is 1. The zero-order chi connectivity index (χ0) is 13.0. The van der Waals surface area contributed by atoms with Gasteiger partial charge in [0, 0.05) is 6.42 Å². The van der Waals surface area contributed by atoms with Crippen molar-refractivity contribution < 1.29 is 23.5 Å². The molecule has 0 unspecified atom stereocenters. The van der Waals surface area contributed by atoms with Gasteiger partial charge in [-0.3, -0.25) is 0 Å². The number of nitrogens with zero attached hydrogens (tertiary/aromatic N) is 2. The van der Waals surface area contributed by atoms with Crippen LogP contribution in [0.3, 0.4) is 0 Å². The number of aromatic nitrogens is 2. The van der Waals surface area contributed by atoms with Gasteiger partial charge in [0.2, 0.25) is 5.89 Å². The van der Waals surface area contributed by atoms with Gasteiger partial charge in [0.25, 0.3) is 5.89 Å². The maximum Gasteiger partial charge on any atom is 0.329 e. The van der Waals surface area contributed by atoms with E-state index in [4.69, 9.17) is 18.7 Å². The summed E-state index contributed by atoms with van der Waals surface area (Å²) in [5, 5.41) is 15.9. The van der Waals surface area contributed by atoms with Crippen LogP contribution < -0.4 is 0 Å². The highest BCUT2D eigenvalue weighted by Crippen LogP contribution is 2.21. The van der Waals surface area contributed by atoms with Crippen LogP contribution in [-0.2, 0) is 22.6 Å². The molecule has 2 aromatic rings. The Hall–Kier alpha value is -2.15. The van der Waals surface area contributed by atoms with Crippen molar-refractivity contribution in [1.29, 1.82) is 0 Å². The highest BCUT2D eigenvalue weighted by Gasteiger charge is 2.12. The van der Waals surface area contributed by atoms with Gasteiger partial charge in [-0.15, -0.1) is 10.2 Å². The molecule has 0 fully saturated rings. The van der Waals surface area contributed by atoms with Crippen LogP contribution in [0.1, 0.15) is 18.6 Å². The highest BCUT2D eigenvalue weighted by molar-refractivity contribution is 5.67. The summed E-state index contributed by atoms with van der Waals surface area (Å²) in [6.45, 7) is 1.53. The first-order valence-electron chi connectivity index (χ1n) is 5.40. The maximum absolute atomic E-state index is 10.2. The molecule has 2 rings (SSSR count). The highest BCUT2D eigenvalue weighted by atomic mass is 16.5. The summed E-state index contributed by atoms with van der Waals surface area (Å²) in [5.41, 5.74) is 0. The minimum Gasteiger partial charge on any atom is -0.480 e. The summed E-state index contributed by atoms with van der Waals surface area (Å²) in [4.78, 5) is 10.2. The first-order valence-corrected chi connectivity index (χ1v) is 5.40. The standard InChI is InChI=1S/C11H12N2O5/c1-2-7-3-4-8(17-7)11-13-12-9(18-11)5-16-6-10(14)15/h3-4H,2,5-6H2,1H3,(H,14,15). The Morgan fingerprint density at radius 2 is 2.22 bits per heavy atom. The second-order valence-electron chi connectivity index (χ2n) is 3.51. The van der Waals surface area contributed by atoms with Crippen molar-refractivity contribution >= 4 is 5.97 Å². The maximum atomic E-state index is 10.2. The average molecular weight is 252 g/mol. The Kier molecular flexibility index (Phi) is 3.73. The lowest BCUT2D eigenvalue weighted by Crippen LogP contribution is -2.06. The molecule has 0 aliphatic carbocycles. The Labute approximate surface area is 102 Å². The fraction of sp³-hybridized carbons (Fsp3) is 0.364. The molecule has 18 heavy (non-hydrogen) atoms. The molecule has 2 heterocycles. The molecule has 0 bridgehead atoms. The zero-order valence-electron chi connectivity index (χ0n) is 9.75. The molecule has 0 amide bonds. The lowest BCUT2D eigenvalue weighted by atomic mass is 10.3. The number of rotatable bonds is 6. The van der Waals surface area contributed by atoms with Gasteiger partial charge in [-0.2, -0.15) is 0 Å². The SMILES string of the molecule is CCc1ccc(-c2nnc(COCC(=O)O)o2)o1. The predicted molar refractivity (Wildman–Crippen MR) is 58.7 cm³/mol. The molecule has 1 N–H and O–H groups in total. The summed E-state index contributed by atoms with van der Waals surface area (Å²) in [5.74, 6) is 0.730. The quantitative estimate of drug-likeness (QED) is 0.831.